The van der Waals surface area contributed by atoms with Gasteiger partial charge in [-0.05, 0) is 30.7 Å². The van der Waals surface area contributed by atoms with Crippen LogP contribution >= 0.6 is 0 Å². The summed E-state index contributed by atoms with van der Waals surface area (Å²) in [5, 5.41) is 19.4. The third-order valence-corrected chi connectivity index (χ3v) is 4.61. The molecule has 138 valence electrons. The molecular formula is C19H18N4O4. The Balaban J connectivity index is 1.89. The van der Waals surface area contributed by atoms with Crippen molar-refractivity contribution in [3.8, 4) is 28.4 Å². The van der Waals surface area contributed by atoms with Gasteiger partial charge in [-0.1, -0.05) is 12.1 Å². The highest BCUT2D eigenvalue weighted by molar-refractivity contribution is 5.75. The Labute approximate surface area is 155 Å². The van der Waals surface area contributed by atoms with E-state index in [9.17, 15) is 10.1 Å². The summed E-state index contributed by atoms with van der Waals surface area (Å²) < 4.78 is 12.3. The van der Waals surface area contributed by atoms with Gasteiger partial charge in [0.1, 0.15) is 11.5 Å². The van der Waals surface area contributed by atoms with Crippen LogP contribution in [0.3, 0.4) is 0 Å². The number of aromatic nitrogens is 2. The van der Waals surface area contributed by atoms with Crippen LogP contribution < -0.4 is 14.8 Å². The Morgan fingerprint density at radius 3 is 2.67 bits per heavy atom. The van der Waals surface area contributed by atoms with Crippen LogP contribution in [-0.2, 0) is 6.42 Å². The summed E-state index contributed by atoms with van der Waals surface area (Å²) in [5.74, 6) is 2.03. The highest BCUT2D eigenvalue weighted by Crippen LogP contribution is 2.39. The predicted molar refractivity (Wildman–Crippen MR) is 101 cm³/mol. The maximum Gasteiger partial charge on any atom is 0.294 e. The summed E-state index contributed by atoms with van der Waals surface area (Å²) in [6.45, 7) is 0.758. The summed E-state index contributed by atoms with van der Waals surface area (Å²) in [4.78, 5) is 11.0. The van der Waals surface area contributed by atoms with Gasteiger partial charge in [0.15, 0.2) is 11.5 Å². The lowest BCUT2D eigenvalue weighted by atomic mass is 10.1. The van der Waals surface area contributed by atoms with Gasteiger partial charge >= 0.3 is 0 Å². The Hall–Kier alpha value is -3.55. The van der Waals surface area contributed by atoms with Gasteiger partial charge in [-0.3, -0.25) is 10.1 Å². The van der Waals surface area contributed by atoms with Crippen molar-refractivity contribution in [2.45, 2.75) is 6.42 Å². The van der Waals surface area contributed by atoms with Crippen molar-refractivity contribution in [1.29, 1.82) is 0 Å². The first-order valence-electron chi connectivity index (χ1n) is 8.46. The van der Waals surface area contributed by atoms with Crippen molar-refractivity contribution in [2.75, 3.05) is 26.1 Å². The molecule has 0 radical (unpaired) electrons. The maximum absolute atomic E-state index is 11.4. The molecule has 4 rings (SSSR count). The van der Waals surface area contributed by atoms with Crippen LogP contribution in [0.2, 0.25) is 0 Å². The van der Waals surface area contributed by atoms with Gasteiger partial charge in [0.2, 0.25) is 0 Å². The second-order valence-corrected chi connectivity index (χ2v) is 6.08. The Morgan fingerprint density at radius 1 is 1.15 bits per heavy atom. The van der Waals surface area contributed by atoms with E-state index < -0.39 is 4.92 Å². The molecule has 0 unspecified atom stereocenters. The van der Waals surface area contributed by atoms with Gasteiger partial charge in [0, 0.05) is 23.7 Å². The van der Waals surface area contributed by atoms with E-state index in [0.29, 0.717) is 17.2 Å². The number of rotatable bonds is 5. The predicted octanol–water partition coefficient (Wildman–Crippen LogP) is 3.43. The van der Waals surface area contributed by atoms with Crippen LogP contribution in [0.25, 0.3) is 16.9 Å². The van der Waals surface area contributed by atoms with Crippen molar-refractivity contribution in [2.24, 2.45) is 0 Å². The van der Waals surface area contributed by atoms with E-state index in [-0.39, 0.29) is 5.69 Å². The van der Waals surface area contributed by atoms with Gasteiger partial charge in [-0.2, -0.15) is 5.10 Å². The zero-order valence-electron chi connectivity index (χ0n) is 14.9. The third kappa shape index (κ3) is 2.75. The molecule has 2 aromatic carbocycles. The number of hydrogen-bond acceptors (Lipinski definition) is 6. The second kappa shape index (κ2) is 6.64. The molecule has 0 atom stereocenters. The van der Waals surface area contributed by atoms with Crippen LogP contribution in [0.4, 0.5) is 11.5 Å². The van der Waals surface area contributed by atoms with Gasteiger partial charge in [0.05, 0.1) is 24.8 Å². The fourth-order valence-electron chi connectivity index (χ4n) is 3.36. The van der Waals surface area contributed by atoms with Crippen molar-refractivity contribution in [1.82, 2.24) is 9.78 Å². The first kappa shape index (κ1) is 16.9. The van der Waals surface area contributed by atoms with Crippen molar-refractivity contribution >= 4 is 11.5 Å². The lowest BCUT2D eigenvalue weighted by Gasteiger charge is -2.09. The smallest absolute Gasteiger partial charge is 0.294 e. The molecule has 8 heteroatoms. The Bertz CT molecular complexity index is 1030. The molecule has 0 saturated carbocycles. The Kier molecular flexibility index (Phi) is 4.15. The van der Waals surface area contributed by atoms with Crippen LogP contribution in [-0.4, -0.2) is 35.5 Å². The standard InChI is InChI=1S/C19H18N4O4/c1-26-16-8-7-12(11-17(16)27-2)18-13-9-10-20-19(13)22(21-18)14-5-3-4-6-15(14)23(24)25/h3-8,11,20H,9-10H2,1-2H3. The van der Waals surface area contributed by atoms with Crippen LogP contribution in [0.1, 0.15) is 5.56 Å². The van der Waals surface area contributed by atoms with Crippen molar-refractivity contribution in [3.63, 3.8) is 0 Å². The molecule has 0 aliphatic carbocycles. The number of methoxy groups -OCH3 is 2. The highest BCUT2D eigenvalue weighted by Gasteiger charge is 2.27. The minimum absolute atomic E-state index is 0.00959. The number of anilines is 1. The SMILES string of the molecule is COc1ccc(-c2nn(-c3ccccc3[N+](=O)[O-])c3c2CCN3)cc1OC. The van der Waals surface area contributed by atoms with Crippen molar-refractivity contribution < 1.29 is 14.4 Å². The van der Waals surface area contributed by atoms with Gasteiger partial charge in [-0.25, -0.2) is 4.68 Å². The van der Waals surface area contributed by atoms with Gasteiger partial charge in [-0.15, -0.1) is 0 Å². The number of benzene rings is 2. The fraction of sp³-hybridized carbons (Fsp3) is 0.211. The lowest BCUT2D eigenvalue weighted by molar-refractivity contribution is -0.384. The molecule has 8 nitrogen and oxygen atoms in total. The first-order chi connectivity index (χ1) is 13.1. The quantitative estimate of drug-likeness (QED) is 0.549. The van der Waals surface area contributed by atoms with E-state index in [1.54, 1.807) is 37.1 Å². The molecule has 1 aromatic heterocycles. The molecule has 2 heterocycles. The lowest BCUT2D eigenvalue weighted by Crippen LogP contribution is -2.06. The second-order valence-electron chi connectivity index (χ2n) is 6.08. The molecule has 0 fully saturated rings. The van der Waals surface area contributed by atoms with Gasteiger partial charge < -0.3 is 14.8 Å². The summed E-state index contributed by atoms with van der Waals surface area (Å²) in [7, 11) is 3.17. The number of para-hydroxylation sites is 2. The van der Waals surface area contributed by atoms with Gasteiger partial charge in [0.25, 0.3) is 5.69 Å². The number of nitro groups is 1. The van der Waals surface area contributed by atoms with E-state index >= 15 is 0 Å². The van der Waals surface area contributed by atoms with E-state index in [1.165, 1.54) is 6.07 Å². The minimum atomic E-state index is -0.394. The molecule has 1 N–H and O–H groups in total. The van der Waals surface area contributed by atoms with Crippen LogP contribution in [0, 0.1) is 10.1 Å². The monoisotopic (exact) mass is 366 g/mol. The number of ether oxygens (including phenoxy) is 2. The number of hydrogen-bond donors (Lipinski definition) is 1. The molecular weight excluding hydrogens is 348 g/mol. The normalized spacial score (nSPS) is 12.4. The summed E-state index contributed by atoms with van der Waals surface area (Å²) in [6.07, 6.45) is 0.791. The van der Waals surface area contributed by atoms with E-state index in [4.69, 9.17) is 14.6 Å². The van der Waals surface area contributed by atoms with E-state index in [1.807, 2.05) is 18.2 Å². The molecule has 1 aliphatic heterocycles. The van der Waals surface area contributed by atoms with Crippen LogP contribution in [0.15, 0.2) is 42.5 Å². The molecule has 27 heavy (non-hydrogen) atoms. The van der Waals surface area contributed by atoms with E-state index in [2.05, 4.69) is 5.32 Å². The summed E-state index contributed by atoms with van der Waals surface area (Å²) >= 11 is 0. The Morgan fingerprint density at radius 2 is 1.93 bits per heavy atom. The summed E-state index contributed by atoms with van der Waals surface area (Å²) in [6, 6.07) is 12.2. The van der Waals surface area contributed by atoms with Crippen LogP contribution in [0.5, 0.6) is 11.5 Å². The molecule has 0 spiro atoms. The summed E-state index contributed by atoms with van der Waals surface area (Å²) in [5.41, 5.74) is 3.11. The first-order valence-corrected chi connectivity index (χ1v) is 8.46. The van der Waals surface area contributed by atoms with E-state index in [0.717, 1.165) is 35.6 Å². The molecule has 0 bridgehead atoms. The topological polar surface area (TPSA) is 91.5 Å². The number of nitrogens with one attached hydrogen (secondary N) is 1. The highest BCUT2D eigenvalue weighted by atomic mass is 16.6. The average molecular weight is 366 g/mol. The molecule has 0 saturated heterocycles. The molecule has 3 aromatic rings. The minimum Gasteiger partial charge on any atom is -0.493 e. The maximum atomic E-state index is 11.4. The zero-order valence-corrected chi connectivity index (χ0v) is 14.9. The largest absolute Gasteiger partial charge is 0.493 e. The number of nitrogens with zero attached hydrogens (tertiary/aromatic N) is 3. The molecule has 1 aliphatic rings. The van der Waals surface area contributed by atoms with Crippen molar-refractivity contribution in [3.05, 3.63) is 58.1 Å². The third-order valence-electron chi connectivity index (χ3n) is 4.61. The number of fused-ring (bicyclic) bond motifs is 1. The number of nitro benzene ring substituents is 1. The average Bonchev–Trinajstić information content (AvgIpc) is 3.30. The molecule has 0 amide bonds. The zero-order chi connectivity index (χ0) is 19.0. The fourth-order valence-corrected chi connectivity index (χ4v) is 3.36.